The van der Waals surface area contributed by atoms with Crippen molar-refractivity contribution in [1.82, 2.24) is 14.7 Å². The molecule has 8 heteroatoms. The van der Waals surface area contributed by atoms with E-state index in [9.17, 15) is 9.59 Å². The van der Waals surface area contributed by atoms with Gasteiger partial charge in [-0.05, 0) is 17.7 Å². The number of amides is 1. The maximum atomic E-state index is 12.6. The van der Waals surface area contributed by atoms with E-state index in [0.717, 1.165) is 5.56 Å². The molecule has 4 rings (SSSR count). The summed E-state index contributed by atoms with van der Waals surface area (Å²) in [6, 6.07) is 13.0. The monoisotopic (exact) mass is 392 g/mol. The van der Waals surface area contributed by atoms with Gasteiger partial charge < -0.3 is 19.3 Å². The van der Waals surface area contributed by atoms with Gasteiger partial charge in [-0.3, -0.25) is 4.79 Å². The van der Waals surface area contributed by atoms with Crippen molar-refractivity contribution < 1.29 is 19.2 Å². The molecule has 0 saturated heterocycles. The second-order valence-corrected chi connectivity index (χ2v) is 6.84. The van der Waals surface area contributed by atoms with Crippen molar-refractivity contribution >= 4 is 23.2 Å². The summed E-state index contributed by atoms with van der Waals surface area (Å²) in [5, 5.41) is 6.88. The number of imidazole rings is 1. The highest BCUT2D eigenvalue weighted by Gasteiger charge is 2.47. The molecule has 3 heterocycles. The standard InChI is InChI=1S/C21H20N4O4/c1-28-20(27)21(12-15-6-3-2-4-7-15)13-16(24-29-21)14-23-19(26)17-8-5-10-25-11-9-22-18(17)25/h2-11H,12-14H2,1H3,(H,23,26). The van der Waals surface area contributed by atoms with Crippen LogP contribution in [-0.2, 0) is 20.8 Å². The molecule has 2 aromatic heterocycles. The van der Waals surface area contributed by atoms with E-state index >= 15 is 0 Å². The molecule has 1 aromatic carbocycles. The van der Waals surface area contributed by atoms with Gasteiger partial charge in [0.1, 0.15) is 5.65 Å². The van der Waals surface area contributed by atoms with Gasteiger partial charge in [-0.2, -0.15) is 0 Å². The van der Waals surface area contributed by atoms with E-state index in [0.29, 0.717) is 23.3 Å². The summed E-state index contributed by atoms with van der Waals surface area (Å²) in [6.45, 7) is 0.161. The van der Waals surface area contributed by atoms with Crippen LogP contribution in [0.1, 0.15) is 22.3 Å². The summed E-state index contributed by atoms with van der Waals surface area (Å²) in [5.74, 6) is -0.767. The molecular weight excluding hydrogens is 372 g/mol. The van der Waals surface area contributed by atoms with Crippen LogP contribution in [0.25, 0.3) is 5.65 Å². The van der Waals surface area contributed by atoms with Gasteiger partial charge >= 0.3 is 5.97 Å². The molecule has 0 fully saturated rings. The number of methoxy groups -OCH3 is 1. The van der Waals surface area contributed by atoms with E-state index in [-0.39, 0.29) is 18.9 Å². The number of benzene rings is 1. The zero-order valence-electron chi connectivity index (χ0n) is 15.9. The first-order valence-electron chi connectivity index (χ1n) is 9.17. The number of rotatable bonds is 6. The van der Waals surface area contributed by atoms with Crippen LogP contribution in [0, 0.1) is 0 Å². The molecule has 8 nitrogen and oxygen atoms in total. The van der Waals surface area contributed by atoms with Crippen molar-refractivity contribution in [2.75, 3.05) is 13.7 Å². The van der Waals surface area contributed by atoms with Crippen molar-refractivity contribution in [3.8, 4) is 0 Å². The predicted molar refractivity (Wildman–Crippen MR) is 106 cm³/mol. The Morgan fingerprint density at radius 1 is 1.21 bits per heavy atom. The summed E-state index contributed by atoms with van der Waals surface area (Å²) in [5.41, 5.74) is 1.31. The quantitative estimate of drug-likeness (QED) is 0.648. The molecule has 0 saturated carbocycles. The Bertz CT molecular complexity index is 1080. The summed E-state index contributed by atoms with van der Waals surface area (Å²) >= 11 is 0. The largest absolute Gasteiger partial charge is 0.466 e. The van der Waals surface area contributed by atoms with Crippen LogP contribution >= 0.6 is 0 Å². The smallest absolute Gasteiger partial charge is 0.353 e. The number of hydrogen-bond acceptors (Lipinski definition) is 6. The van der Waals surface area contributed by atoms with E-state index < -0.39 is 11.6 Å². The fourth-order valence-corrected chi connectivity index (χ4v) is 3.43. The minimum Gasteiger partial charge on any atom is -0.466 e. The Morgan fingerprint density at radius 3 is 2.83 bits per heavy atom. The second-order valence-electron chi connectivity index (χ2n) is 6.84. The fourth-order valence-electron chi connectivity index (χ4n) is 3.43. The summed E-state index contributed by atoms with van der Waals surface area (Å²) < 4.78 is 6.73. The number of pyridine rings is 1. The molecule has 1 unspecified atom stereocenters. The number of esters is 1. The van der Waals surface area contributed by atoms with Crippen LogP contribution in [0.15, 0.2) is 66.2 Å². The molecule has 1 amide bonds. The first-order chi connectivity index (χ1) is 14.1. The second kappa shape index (κ2) is 7.75. The zero-order valence-corrected chi connectivity index (χ0v) is 15.9. The van der Waals surface area contributed by atoms with Crippen LogP contribution in [0.2, 0.25) is 0 Å². The molecule has 0 bridgehead atoms. The third kappa shape index (κ3) is 3.69. The van der Waals surface area contributed by atoms with Crippen LogP contribution in [0.5, 0.6) is 0 Å². The molecule has 1 atom stereocenters. The van der Waals surface area contributed by atoms with Gasteiger partial charge in [0.05, 0.1) is 24.9 Å². The SMILES string of the molecule is COC(=O)C1(Cc2ccccc2)CC(CNC(=O)c2cccn3ccnc23)=NO1. The van der Waals surface area contributed by atoms with Crippen LogP contribution in [0.3, 0.4) is 0 Å². The van der Waals surface area contributed by atoms with E-state index in [1.807, 2.05) is 36.5 Å². The molecule has 3 aromatic rings. The van der Waals surface area contributed by atoms with Gasteiger partial charge in [0.2, 0.25) is 5.60 Å². The molecule has 1 aliphatic heterocycles. The number of fused-ring (bicyclic) bond motifs is 1. The van der Waals surface area contributed by atoms with E-state index in [4.69, 9.17) is 9.57 Å². The van der Waals surface area contributed by atoms with Crippen molar-refractivity contribution in [2.45, 2.75) is 18.4 Å². The minimum absolute atomic E-state index is 0.161. The van der Waals surface area contributed by atoms with Gasteiger partial charge in [0, 0.05) is 31.4 Å². The lowest BCUT2D eigenvalue weighted by atomic mass is 9.89. The molecule has 148 valence electrons. The fraction of sp³-hybridized carbons (Fsp3) is 0.238. The third-order valence-corrected chi connectivity index (χ3v) is 4.85. The topological polar surface area (TPSA) is 94.3 Å². The first-order valence-corrected chi connectivity index (χ1v) is 9.17. The van der Waals surface area contributed by atoms with Crippen LogP contribution < -0.4 is 5.32 Å². The highest BCUT2D eigenvalue weighted by atomic mass is 16.7. The zero-order chi connectivity index (χ0) is 20.3. The molecule has 1 aliphatic rings. The van der Waals surface area contributed by atoms with E-state index in [1.165, 1.54) is 7.11 Å². The number of aromatic nitrogens is 2. The lowest BCUT2D eigenvalue weighted by Crippen LogP contribution is -2.43. The van der Waals surface area contributed by atoms with Crippen LogP contribution in [0.4, 0.5) is 0 Å². The number of nitrogens with one attached hydrogen (secondary N) is 1. The molecular formula is C21H20N4O4. The number of nitrogens with zero attached hydrogens (tertiary/aromatic N) is 3. The highest BCUT2D eigenvalue weighted by Crippen LogP contribution is 2.29. The first kappa shape index (κ1) is 18.7. The van der Waals surface area contributed by atoms with Gasteiger partial charge in [0.15, 0.2) is 0 Å². The molecule has 0 aliphatic carbocycles. The van der Waals surface area contributed by atoms with Crippen LogP contribution in [-0.4, -0.2) is 46.2 Å². The van der Waals surface area contributed by atoms with Crippen molar-refractivity contribution in [3.63, 3.8) is 0 Å². The number of oxime groups is 1. The Balaban J connectivity index is 1.44. The highest BCUT2D eigenvalue weighted by molar-refractivity contribution is 6.03. The van der Waals surface area contributed by atoms with E-state index in [1.54, 1.807) is 28.9 Å². The van der Waals surface area contributed by atoms with Gasteiger partial charge in [-0.25, -0.2) is 9.78 Å². The number of carbonyl (C=O) groups excluding carboxylic acids is 2. The lowest BCUT2D eigenvalue weighted by Gasteiger charge is -2.23. The normalized spacial score (nSPS) is 18.2. The van der Waals surface area contributed by atoms with Crippen molar-refractivity contribution in [1.29, 1.82) is 0 Å². The molecule has 0 radical (unpaired) electrons. The maximum absolute atomic E-state index is 12.6. The maximum Gasteiger partial charge on any atom is 0.353 e. The summed E-state index contributed by atoms with van der Waals surface area (Å²) in [6.07, 6.45) is 5.80. The third-order valence-electron chi connectivity index (χ3n) is 4.85. The Morgan fingerprint density at radius 2 is 2.03 bits per heavy atom. The predicted octanol–water partition coefficient (Wildman–Crippen LogP) is 1.99. The molecule has 29 heavy (non-hydrogen) atoms. The van der Waals surface area contributed by atoms with Crippen molar-refractivity contribution in [3.05, 3.63) is 72.2 Å². The number of hydrogen-bond donors (Lipinski definition) is 1. The minimum atomic E-state index is -1.22. The molecule has 0 spiro atoms. The Labute approximate surface area is 167 Å². The molecule has 1 N–H and O–H groups in total. The Kier molecular flexibility index (Phi) is 4.99. The number of carbonyl (C=O) groups is 2. The van der Waals surface area contributed by atoms with Crippen molar-refractivity contribution in [2.24, 2.45) is 5.16 Å². The van der Waals surface area contributed by atoms with Gasteiger partial charge in [-0.1, -0.05) is 35.5 Å². The van der Waals surface area contributed by atoms with Gasteiger partial charge in [0.25, 0.3) is 5.91 Å². The summed E-state index contributed by atoms with van der Waals surface area (Å²) in [4.78, 5) is 34.8. The van der Waals surface area contributed by atoms with E-state index in [2.05, 4.69) is 15.5 Å². The average Bonchev–Trinajstić information content (AvgIpc) is 3.39. The van der Waals surface area contributed by atoms with Gasteiger partial charge in [-0.15, -0.1) is 0 Å². The summed E-state index contributed by atoms with van der Waals surface area (Å²) in [7, 11) is 1.32. The lowest BCUT2D eigenvalue weighted by molar-refractivity contribution is -0.166. The average molecular weight is 392 g/mol. The number of ether oxygens (including phenoxy) is 1. The Hall–Kier alpha value is -3.68.